The molecule has 0 aliphatic heterocycles. The van der Waals surface area contributed by atoms with Crippen molar-refractivity contribution in [3.8, 4) is 0 Å². The van der Waals surface area contributed by atoms with E-state index in [1.165, 1.54) is 18.4 Å². The summed E-state index contributed by atoms with van der Waals surface area (Å²) in [6.07, 6.45) is 8.44. The Hall–Kier alpha value is -1.12. The molecule has 0 fully saturated rings. The van der Waals surface area contributed by atoms with Crippen LogP contribution in [0.5, 0.6) is 0 Å². The largest absolute Gasteiger partial charge is 0.488 e. The first-order valence-corrected chi connectivity index (χ1v) is 7.02. The van der Waals surface area contributed by atoms with Gasteiger partial charge < -0.3 is 4.74 Å². The minimum Gasteiger partial charge on any atom is -0.488 e. The molecule has 1 aliphatic carbocycles. The first-order valence-electron chi connectivity index (χ1n) is 7.02. The number of ether oxygens (including phenoxy) is 1. The van der Waals surface area contributed by atoms with Gasteiger partial charge in [-0.25, -0.2) is 8.78 Å². The van der Waals surface area contributed by atoms with Crippen molar-refractivity contribution in [1.29, 1.82) is 0 Å². The van der Waals surface area contributed by atoms with Gasteiger partial charge in [-0.3, -0.25) is 0 Å². The number of hydrogen-bond acceptors (Lipinski definition) is 1. The molecule has 1 aliphatic rings. The van der Waals surface area contributed by atoms with Crippen molar-refractivity contribution in [3.05, 3.63) is 35.6 Å². The van der Waals surface area contributed by atoms with E-state index in [4.69, 9.17) is 4.74 Å². The molecule has 0 saturated heterocycles. The van der Waals surface area contributed by atoms with Crippen LogP contribution in [0.15, 0.2) is 35.6 Å². The fourth-order valence-corrected chi connectivity index (χ4v) is 2.29. The molecular formula is C16H24F2O. The average molecular weight is 270 g/mol. The lowest BCUT2D eigenvalue weighted by Crippen LogP contribution is -2.10. The van der Waals surface area contributed by atoms with Crippen LogP contribution in [0.2, 0.25) is 0 Å². The predicted molar refractivity (Wildman–Crippen MR) is 75.1 cm³/mol. The molecule has 108 valence electrons. The van der Waals surface area contributed by atoms with Crippen molar-refractivity contribution >= 4 is 0 Å². The van der Waals surface area contributed by atoms with Crippen LogP contribution >= 0.6 is 0 Å². The number of hydrogen-bond donors (Lipinski definition) is 0. The fourth-order valence-electron chi connectivity index (χ4n) is 2.29. The maximum atomic E-state index is 12.1. The Balaban J connectivity index is 2.64. The van der Waals surface area contributed by atoms with Crippen molar-refractivity contribution in [2.75, 3.05) is 6.61 Å². The highest BCUT2D eigenvalue weighted by molar-refractivity contribution is 5.28. The van der Waals surface area contributed by atoms with Gasteiger partial charge in [0, 0.05) is 0 Å². The summed E-state index contributed by atoms with van der Waals surface area (Å²) in [6, 6.07) is 0. The molecule has 1 nitrogen and oxygen atoms in total. The summed E-state index contributed by atoms with van der Waals surface area (Å²) in [5, 5.41) is 0. The average Bonchev–Trinajstić information content (AvgIpc) is 2.61. The lowest BCUT2D eigenvalue weighted by molar-refractivity contribution is 0.0525. The van der Waals surface area contributed by atoms with Gasteiger partial charge in [0.05, 0.1) is 0 Å². The Kier molecular flexibility index (Phi) is 6.82. The van der Waals surface area contributed by atoms with Gasteiger partial charge in [-0.1, -0.05) is 51.3 Å². The Morgan fingerprint density at radius 1 is 1.26 bits per heavy atom. The van der Waals surface area contributed by atoms with Gasteiger partial charge in [0.2, 0.25) is 0 Å². The molecule has 19 heavy (non-hydrogen) atoms. The first-order chi connectivity index (χ1) is 9.04. The van der Waals surface area contributed by atoms with Crippen molar-refractivity contribution in [2.24, 2.45) is 11.8 Å². The summed E-state index contributed by atoms with van der Waals surface area (Å²) < 4.78 is 29.2. The zero-order chi connectivity index (χ0) is 14.3. The summed E-state index contributed by atoms with van der Waals surface area (Å²) in [5.74, 6) is 1.67. The summed E-state index contributed by atoms with van der Waals surface area (Å²) in [6.45, 7) is 6.16. The van der Waals surface area contributed by atoms with Gasteiger partial charge in [0.1, 0.15) is 12.4 Å². The van der Waals surface area contributed by atoms with E-state index in [0.717, 1.165) is 6.42 Å². The first kappa shape index (κ1) is 15.9. The summed E-state index contributed by atoms with van der Waals surface area (Å²) >= 11 is 0. The molecule has 0 aromatic heterocycles. The van der Waals surface area contributed by atoms with Crippen LogP contribution in [-0.2, 0) is 4.74 Å². The van der Waals surface area contributed by atoms with Crippen LogP contribution in [0, 0.1) is 11.8 Å². The van der Waals surface area contributed by atoms with E-state index in [2.05, 4.69) is 20.8 Å². The number of rotatable bonds is 7. The van der Waals surface area contributed by atoms with E-state index in [-0.39, 0.29) is 0 Å². The van der Waals surface area contributed by atoms with Gasteiger partial charge in [0.25, 0.3) is 6.43 Å². The van der Waals surface area contributed by atoms with Crippen molar-refractivity contribution in [1.82, 2.24) is 0 Å². The molecule has 2 unspecified atom stereocenters. The normalized spacial score (nSPS) is 18.6. The van der Waals surface area contributed by atoms with Gasteiger partial charge in [-0.2, -0.15) is 0 Å². The maximum Gasteiger partial charge on any atom is 0.272 e. The molecule has 0 saturated carbocycles. The number of alkyl halides is 2. The monoisotopic (exact) mass is 270 g/mol. The van der Waals surface area contributed by atoms with Crippen molar-refractivity contribution in [3.63, 3.8) is 0 Å². The molecule has 0 heterocycles. The Morgan fingerprint density at radius 3 is 2.63 bits per heavy atom. The smallest absolute Gasteiger partial charge is 0.272 e. The van der Waals surface area contributed by atoms with E-state index >= 15 is 0 Å². The minimum atomic E-state index is -2.43. The number of halogens is 2. The molecule has 0 aromatic rings. The highest BCUT2D eigenvalue weighted by Gasteiger charge is 2.16. The second-order valence-corrected chi connectivity index (χ2v) is 5.17. The lowest BCUT2D eigenvalue weighted by Gasteiger charge is -2.21. The topological polar surface area (TPSA) is 9.23 Å². The highest BCUT2D eigenvalue weighted by Crippen LogP contribution is 2.28. The number of allylic oxidation sites excluding steroid dienone is 5. The maximum absolute atomic E-state index is 12.1. The third-order valence-electron chi connectivity index (χ3n) is 3.66. The fraction of sp³-hybridized carbons (Fsp3) is 0.625. The summed E-state index contributed by atoms with van der Waals surface area (Å²) in [5.41, 5.74) is 1.34. The molecule has 0 spiro atoms. The Morgan fingerprint density at radius 2 is 2.00 bits per heavy atom. The quantitative estimate of drug-likeness (QED) is 0.624. The molecular weight excluding hydrogens is 246 g/mol. The van der Waals surface area contributed by atoms with E-state index in [1.54, 1.807) is 12.2 Å². The third-order valence-corrected chi connectivity index (χ3v) is 3.66. The van der Waals surface area contributed by atoms with E-state index in [9.17, 15) is 8.78 Å². The molecule has 1 rings (SSSR count). The molecule has 0 amide bonds. The Labute approximate surface area is 115 Å². The van der Waals surface area contributed by atoms with Gasteiger partial charge in [-0.05, 0) is 30.4 Å². The van der Waals surface area contributed by atoms with E-state index in [0.29, 0.717) is 17.6 Å². The molecule has 0 aromatic carbocycles. The van der Waals surface area contributed by atoms with Crippen LogP contribution in [-0.4, -0.2) is 13.0 Å². The van der Waals surface area contributed by atoms with Crippen LogP contribution in [0.3, 0.4) is 0 Å². The molecule has 0 radical (unpaired) electrons. The molecule has 0 N–H and O–H groups in total. The van der Waals surface area contributed by atoms with Gasteiger partial charge >= 0.3 is 0 Å². The SMILES string of the molecule is CCCC(C)C(C)C1=CC=C(OCC(F)F)C=CC1. The van der Waals surface area contributed by atoms with Crippen LogP contribution in [0.25, 0.3) is 0 Å². The highest BCUT2D eigenvalue weighted by atomic mass is 19.3. The van der Waals surface area contributed by atoms with E-state index < -0.39 is 13.0 Å². The third kappa shape index (κ3) is 5.58. The van der Waals surface area contributed by atoms with Crippen molar-refractivity contribution < 1.29 is 13.5 Å². The van der Waals surface area contributed by atoms with Crippen LogP contribution in [0.1, 0.15) is 40.0 Å². The standard InChI is InChI=1S/C16H24F2O/c1-4-6-12(2)13(3)14-7-5-8-15(10-9-14)19-11-16(17)18/h5,8-10,12-13,16H,4,6-7,11H2,1-3H3. The molecule has 2 atom stereocenters. The minimum absolute atomic E-state index is 0.510. The zero-order valence-corrected chi connectivity index (χ0v) is 12.0. The van der Waals surface area contributed by atoms with Crippen LogP contribution in [0.4, 0.5) is 8.78 Å². The Bertz CT molecular complexity index is 356. The van der Waals surface area contributed by atoms with Gasteiger partial charge in [0.15, 0.2) is 0 Å². The second kappa shape index (κ2) is 8.13. The summed E-state index contributed by atoms with van der Waals surface area (Å²) in [4.78, 5) is 0. The van der Waals surface area contributed by atoms with Gasteiger partial charge in [-0.15, -0.1) is 0 Å². The summed E-state index contributed by atoms with van der Waals surface area (Å²) in [7, 11) is 0. The molecule has 0 bridgehead atoms. The lowest BCUT2D eigenvalue weighted by atomic mass is 9.84. The molecule has 3 heteroatoms. The zero-order valence-electron chi connectivity index (χ0n) is 12.0. The second-order valence-electron chi connectivity index (χ2n) is 5.17. The van der Waals surface area contributed by atoms with Crippen LogP contribution < -0.4 is 0 Å². The van der Waals surface area contributed by atoms with E-state index in [1.807, 2.05) is 12.2 Å². The van der Waals surface area contributed by atoms with Crippen molar-refractivity contribution in [2.45, 2.75) is 46.5 Å². The predicted octanol–water partition coefficient (Wildman–Crippen LogP) is 5.11.